The molecular formula is C13H18FN3O. The Balaban J connectivity index is 1.90. The first-order valence-corrected chi connectivity index (χ1v) is 6.21. The van der Waals surface area contributed by atoms with E-state index >= 15 is 0 Å². The van der Waals surface area contributed by atoms with Crippen molar-refractivity contribution >= 4 is 17.3 Å². The molecule has 2 rings (SSSR count). The maximum atomic E-state index is 13.5. The molecule has 0 bridgehead atoms. The number of carbonyl (C=O) groups excluding carboxylic acids is 1. The lowest BCUT2D eigenvalue weighted by Gasteiger charge is -2.21. The molecule has 0 atom stereocenters. The molecule has 1 aromatic carbocycles. The lowest BCUT2D eigenvalue weighted by atomic mass is 9.94. The summed E-state index contributed by atoms with van der Waals surface area (Å²) in [5.74, 6) is -0.234. The molecule has 4 N–H and O–H groups in total. The molecule has 18 heavy (non-hydrogen) atoms. The third kappa shape index (κ3) is 3.43. The van der Waals surface area contributed by atoms with E-state index in [-0.39, 0.29) is 11.6 Å². The van der Waals surface area contributed by atoms with E-state index in [1.165, 1.54) is 12.1 Å². The van der Waals surface area contributed by atoms with Gasteiger partial charge in [0.15, 0.2) is 0 Å². The number of amides is 1. The molecule has 0 spiro atoms. The minimum atomic E-state index is -0.492. The summed E-state index contributed by atoms with van der Waals surface area (Å²) < 4.78 is 13.5. The molecule has 98 valence electrons. The van der Waals surface area contributed by atoms with Gasteiger partial charge in [0, 0.05) is 12.1 Å². The lowest BCUT2D eigenvalue weighted by molar-refractivity contribution is -0.117. The fraction of sp³-hybridized carbons (Fsp3) is 0.462. The first-order valence-electron chi connectivity index (χ1n) is 6.21. The largest absolute Gasteiger partial charge is 0.399 e. The highest BCUT2D eigenvalue weighted by Crippen LogP contribution is 2.20. The van der Waals surface area contributed by atoms with Gasteiger partial charge in [0.1, 0.15) is 5.82 Å². The molecule has 1 aliphatic heterocycles. The summed E-state index contributed by atoms with van der Waals surface area (Å²) in [6.45, 7) is 1.91. The van der Waals surface area contributed by atoms with Gasteiger partial charge in [-0.15, -0.1) is 0 Å². The lowest BCUT2D eigenvalue weighted by Crippen LogP contribution is -2.30. The molecular weight excluding hydrogens is 233 g/mol. The molecule has 1 heterocycles. The Labute approximate surface area is 106 Å². The summed E-state index contributed by atoms with van der Waals surface area (Å²) in [6.07, 6.45) is 2.45. The number of rotatable bonds is 3. The number of nitrogen functional groups attached to an aromatic ring is 1. The summed E-state index contributed by atoms with van der Waals surface area (Å²) in [6, 6.07) is 4.27. The molecule has 0 saturated carbocycles. The minimum Gasteiger partial charge on any atom is -0.399 e. The molecule has 1 fully saturated rings. The number of benzene rings is 1. The van der Waals surface area contributed by atoms with Gasteiger partial charge in [0.25, 0.3) is 0 Å². The average molecular weight is 251 g/mol. The molecule has 1 saturated heterocycles. The quantitative estimate of drug-likeness (QED) is 0.717. The van der Waals surface area contributed by atoms with E-state index in [1.807, 2.05) is 0 Å². The number of nitrogens with two attached hydrogens (primary N) is 1. The summed E-state index contributed by atoms with van der Waals surface area (Å²) in [4.78, 5) is 11.8. The molecule has 0 radical (unpaired) electrons. The molecule has 0 aliphatic carbocycles. The predicted molar refractivity (Wildman–Crippen MR) is 69.7 cm³/mol. The predicted octanol–water partition coefficient (Wildman–Crippen LogP) is 1.74. The van der Waals surface area contributed by atoms with Crippen LogP contribution in [0.2, 0.25) is 0 Å². The number of nitrogens with one attached hydrogen (secondary N) is 2. The van der Waals surface area contributed by atoms with Crippen molar-refractivity contribution in [2.24, 2.45) is 5.92 Å². The summed E-state index contributed by atoms with van der Waals surface area (Å²) in [5, 5.41) is 5.84. The van der Waals surface area contributed by atoms with E-state index < -0.39 is 5.82 Å². The van der Waals surface area contributed by atoms with Crippen molar-refractivity contribution in [2.75, 3.05) is 24.1 Å². The van der Waals surface area contributed by atoms with E-state index in [2.05, 4.69) is 10.6 Å². The van der Waals surface area contributed by atoms with Crippen molar-refractivity contribution in [1.29, 1.82) is 0 Å². The van der Waals surface area contributed by atoms with Crippen LogP contribution in [0.5, 0.6) is 0 Å². The van der Waals surface area contributed by atoms with E-state index in [0.29, 0.717) is 18.0 Å². The van der Waals surface area contributed by atoms with Gasteiger partial charge in [-0.05, 0) is 50.0 Å². The van der Waals surface area contributed by atoms with E-state index in [1.54, 1.807) is 6.07 Å². The second-order valence-corrected chi connectivity index (χ2v) is 4.68. The van der Waals surface area contributed by atoms with Gasteiger partial charge in [-0.2, -0.15) is 0 Å². The zero-order chi connectivity index (χ0) is 13.0. The molecule has 1 aliphatic rings. The highest BCUT2D eigenvalue weighted by molar-refractivity contribution is 5.91. The fourth-order valence-electron chi connectivity index (χ4n) is 2.18. The van der Waals surface area contributed by atoms with Gasteiger partial charge in [-0.25, -0.2) is 4.39 Å². The monoisotopic (exact) mass is 251 g/mol. The van der Waals surface area contributed by atoms with Gasteiger partial charge in [0.2, 0.25) is 5.91 Å². The maximum absolute atomic E-state index is 13.5. The topological polar surface area (TPSA) is 67.1 Å². The van der Waals surface area contributed by atoms with Crippen molar-refractivity contribution in [3.63, 3.8) is 0 Å². The first-order chi connectivity index (χ1) is 8.65. The van der Waals surface area contributed by atoms with Crippen LogP contribution in [0.3, 0.4) is 0 Å². The Morgan fingerprint density at radius 3 is 2.83 bits per heavy atom. The second-order valence-electron chi connectivity index (χ2n) is 4.68. The van der Waals surface area contributed by atoms with Crippen molar-refractivity contribution in [3.05, 3.63) is 24.0 Å². The zero-order valence-electron chi connectivity index (χ0n) is 10.2. The van der Waals surface area contributed by atoms with Crippen LogP contribution in [0.1, 0.15) is 19.3 Å². The van der Waals surface area contributed by atoms with Crippen LogP contribution in [0.25, 0.3) is 0 Å². The highest BCUT2D eigenvalue weighted by atomic mass is 19.1. The van der Waals surface area contributed by atoms with Gasteiger partial charge in [-0.3, -0.25) is 4.79 Å². The molecule has 5 heteroatoms. The number of hydrogen-bond donors (Lipinski definition) is 3. The molecule has 0 unspecified atom stereocenters. The van der Waals surface area contributed by atoms with Crippen molar-refractivity contribution in [2.45, 2.75) is 19.3 Å². The van der Waals surface area contributed by atoms with Crippen LogP contribution in [-0.2, 0) is 4.79 Å². The Morgan fingerprint density at radius 1 is 1.44 bits per heavy atom. The zero-order valence-corrected chi connectivity index (χ0v) is 10.2. The van der Waals surface area contributed by atoms with E-state index in [9.17, 15) is 9.18 Å². The third-order valence-corrected chi connectivity index (χ3v) is 3.20. The molecule has 4 nitrogen and oxygen atoms in total. The Hall–Kier alpha value is -1.62. The number of anilines is 2. The van der Waals surface area contributed by atoms with Gasteiger partial charge >= 0.3 is 0 Å². The number of halogens is 1. The Morgan fingerprint density at radius 2 is 2.17 bits per heavy atom. The summed E-state index contributed by atoms with van der Waals surface area (Å²) in [5.41, 5.74) is 6.00. The molecule has 1 amide bonds. The number of hydrogen-bond acceptors (Lipinski definition) is 3. The van der Waals surface area contributed by atoms with Crippen LogP contribution in [0.4, 0.5) is 15.8 Å². The van der Waals surface area contributed by atoms with Crippen LogP contribution in [0, 0.1) is 11.7 Å². The van der Waals surface area contributed by atoms with Crippen LogP contribution >= 0.6 is 0 Å². The number of piperidine rings is 1. The van der Waals surface area contributed by atoms with E-state index in [4.69, 9.17) is 5.73 Å². The smallest absolute Gasteiger partial charge is 0.224 e. The van der Waals surface area contributed by atoms with Gasteiger partial charge in [-0.1, -0.05) is 0 Å². The van der Waals surface area contributed by atoms with Crippen LogP contribution in [-0.4, -0.2) is 19.0 Å². The fourth-order valence-corrected chi connectivity index (χ4v) is 2.18. The second kappa shape index (κ2) is 5.82. The van der Waals surface area contributed by atoms with Crippen molar-refractivity contribution in [1.82, 2.24) is 5.32 Å². The van der Waals surface area contributed by atoms with Gasteiger partial charge in [0.05, 0.1) is 5.69 Å². The third-order valence-electron chi connectivity index (χ3n) is 3.20. The number of carbonyl (C=O) groups is 1. The Bertz CT molecular complexity index is 430. The minimum absolute atomic E-state index is 0.134. The SMILES string of the molecule is Nc1ccc(NC(=O)CC2CCNCC2)c(F)c1. The molecule has 1 aromatic rings. The van der Waals surface area contributed by atoms with Crippen molar-refractivity contribution in [3.8, 4) is 0 Å². The van der Waals surface area contributed by atoms with Crippen molar-refractivity contribution < 1.29 is 9.18 Å². The van der Waals surface area contributed by atoms with Gasteiger partial charge < -0.3 is 16.4 Å². The standard InChI is InChI=1S/C13H18FN3O/c14-11-8-10(15)1-2-12(11)17-13(18)7-9-3-5-16-6-4-9/h1-2,8-9,16H,3-7,15H2,(H,17,18). The highest BCUT2D eigenvalue weighted by Gasteiger charge is 2.17. The normalized spacial score (nSPS) is 16.5. The van der Waals surface area contributed by atoms with Crippen LogP contribution in [0.15, 0.2) is 18.2 Å². The van der Waals surface area contributed by atoms with E-state index in [0.717, 1.165) is 25.9 Å². The first kappa shape index (κ1) is 12.8. The summed E-state index contributed by atoms with van der Waals surface area (Å²) >= 11 is 0. The maximum Gasteiger partial charge on any atom is 0.224 e. The Kier molecular flexibility index (Phi) is 4.15. The average Bonchev–Trinajstić information content (AvgIpc) is 2.34. The van der Waals surface area contributed by atoms with Crippen LogP contribution < -0.4 is 16.4 Å². The summed E-state index contributed by atoms with van der Waals surface area (Å²) in [7, 11) is 0. The molecule has 0 aromatic heterocycles.